The standard InChI is InChI=1S/C15H21OP/c1-10(7-8-17)5-6-14-11(2)9-15(16)13(4)12(14)3/h5-7,9,16H,8,17H2,1-4H3/b6-5+,10-7?. The Balaban J connectivity index is 3.16. The molecule has 0 aliphatic heterocycles. The minimum absolute atomic E-state index is 0.384. The maximum atomic E-state index is 9.73. The predicted octanol–water partition coefficient (Wildman–Crippen LogP) is 4.15. The van der Waals surface area contributed by atoms with E-state index >= 15 is 0 Å². The highest BCUT2D eigenvalue weighted by atomic mass is 31.0. The summed E-state index contributed by atoms with van der Waals surface area (Å²) in [6.45, 7) is 8.13. The summed E-state index contributed by atoms with van der Waals surface area (Å²) >= 11 is 0. The van der Waals surface area contributed by atoms with Gasteiger partial charge in [-0.05, 0) is 62.2 Å². The van der Waals surface area contributed by atoms with Gasteiger partial charge in [-0.1, -0.05) is 23.8 Å². The number of hydrogen-bond acceptors (Lipinski definition) is 1. The van der Waals surface area contributed by atoms with Crippen LogP contribution in [-0.4, -0.2) is 11.3 Å². The number of allylic oxidation sites excluding steroid dienone is 3. The molecule has 0 saturated carbocycles. The molecule has 0 heterocycles. The van der Waals surface area contributed by atoms with Gasteiger partial charge in [-0.25, -0.2) is 0 Å². The van der Waals surface area contributed by atoms with Gasteiger partial charge in [0.15, 0.2) is 0 Å². The Bertz CT molecular complexity index is 470. The van der Waals surface area contributed by atoms with Crippen LogP contribution in [0.1, 0.15) is 29.2 Å². The largest absolute Gasteiger partial charge is 0.508 e. The Morgan fingerprint density at radius 2 is 1.94 bits per heavy atom. The molecule has 1 nitrogen and oxygen atoms in total. The molecular formula is C15H21OP. The third-order valence-electron chi connectivity index (χ3n) is 3.08. The van der Waals surface area contributed by atoms with E-state index in [1.54, 1.807) is 0 Å². The first-order valence-corrected chi connectivity index (χ1v) is 6.63. The van der Waals surface area contributed by atoms with Gasteiger partial charge in [0.2, 0.25) is 0 Å². The second-order valence-corrected chi connectivity index (χ2v) is 4.86. The van der Waals surface area contributed by atoms with Crippen LogP contribution in [0.25, 0.3) is 6.08 Å². The van der Waals surface area contributed by atoms with E-state index in [1.807, 2.05) is 19.9 Å². The predicted molar refractivity (Wildman–Crippen MR) is 79.7 cm³/mol. The van der Waals surface area contributed by atoms with Crippen LogP contribution in [0.15, 0.2) is 23.8 Å². The molecule has 0 fully saturated rings. The molecule has 0 aliphatic rings. The van der Waals surface area contributed by atoms with Gasteiger partial charge in [-0.2, -0.15) is 0 Å². The lowest BCUT2D eigenvalue weighted by molar-refractivity contribution is 0.470. The highest BCUT2D eigenvalue weighted by Crippen LogP contribution is 2.27. The van der Waals surface area contributed by atoms with Crippen molar-refractivity contribution in [2.75, 3.05) is 6.16 Å². The van der Waals surface area contributed by atoms with Crippen molar-refractivity contribution in [1.82, 2.24) is 0 Å². The Morgan fingerprint density at radius 1 is 1.29 bits per heavy atom. The number of rotatable bonds is 3. The Morgan fingerprint density at radius 3 is 2.53 bits per heavy atom. The van der Waals surface area contributed by atoms with Crippen molar-refractivity contribution < 1.29 is 5.11 Å². The molecule has 17 heavy (non-hydrogen) atoms. The molecule has 1 atom stereocenters. The first-order chi connectivity index (χ1) is 7.97. The maximum absolute atomic E-state index is 9.73. The lowest BCUT2D eigenvalue weighted by Crippen LogP contribution is -1.91. The topological polar surface area (TPSA) is 20.2 Å². The van der Waals surface area contributed by atoms with Crippen LogP contribution in [0.3, 0.4) is 0 Å². The van der Waals surface area contributed by atoms with Gasteiger partial charge in [0.05, 0.1) is 0 Å². The lowest BCUT2D eigenvalue weighted by Gasteiger charge is -2.10. The van der Waals surface area contributed by atoms with Gasteiger partial charge in [0.25, 0.3) is 0 Å². The molecule has 0 saturated heterocycles. The molecule has 0 bridgehead atoms. The minimum atomic E-state index is 0.384. The van der Waals surface area contributed by atoms with Crippen LogP contribution >= 0.6 is 9.24 Å². The summed E-state index contributed by atoms with van der Waals surface area (Å²) in [7, 11) is 2.69. The molecule has 0 aromatic heterocycles. The molecule has 92 valence electrons. The van der Waals surface area contributed by atoms with E-state index in [4.69, 9.17) is 0 Å². The van der Waals surface area contributed by atoms with Crippen molar-refractivity contribution in [1.29, 1.82) is 0 Å². The van der Waals surface area contributed by atoms with Crippen molar-refractivity contribution in [3.05, 3.63) is 46.0 Å². The van der Waals surface area contributed by atoms with E-state index in [0.717, 1.165) is 22.9 Å². The number of aromatic hydroxyl groups is 1. The van der Waals surface area contributed by atoms with Gasteiger partial charge < -0.3 is 5.11 Å². The summed E-state index contributed by atoms with van der Waals surface area (Å²) in [6, 6.07) is 1.83. The molecule has 1 rings (SSSR count). The average molecular weight is 248 g/mol. The van der Waals surface area contributed by atoms with Crippen LogP contribution < -0.4 is 0 Å². The quantitative estimate of drug-likeness (QED) is 0.629. The fourth-order valence-corrected chi connectivity index (χ4v) is 2.18. The normalized spacial score (nSPS) is 12.4. The number of benzene rings is 1. The molecule has 0 aliphatic carbocycles. The molecule has 0 radical (unpaired) electrons. The Labute approximate surface area is 106 Å². The summed E-state index contributed by atoms with van der Waals surface area (Å²) < 4.78 is 0. The lowest BCUT2D eigenvalue weighted by atomic mass is 9.96. The summed E-state index contributed by atoms with van der Waals surface area (Å²) in [5.74, 6) is 0.384. The SMILES string of the molecule is CC(=CCP)/C=C/c1c(C)cc(O)c(C)c1C. The van der Waals surface area contributed by atoms with E-state index in [0.29, 0.717) is 5.75 Å². The fraction of sp³-hybridized carbons (Fsp3) is 0.333. The first kappa shape index (κ1) is 14.0. The zero-order valence-electron chi connectivity index (χ0n) is 11.0. The van der Waals surface area contributed by atoms with E-state index in [1.165, 1.54) is 11.1 Å². The third-order valence-corrected chi connectivity index (χ3v) is 3.32. The third kappa shape index (κ3) is 3.44. The van der Waals surface area contributed by atoms with Crippen molar-refractivity contribution in [3.63, 3.8) is 0 Å². The number of phenols is 1. The molecule has 0 amide bonds. The van der Waals surface area contributed by atoms with E-state index in [2.05, 4.69) is 41.3 Å². The van der Waals surface area contributed by atoms with Gasteiger partial charge >= 0.3 is 0 Å². The summed E-state index contributed by atoms with van der Waals surface area (Å²) in [5, 5.41) is 9.73. The summed E-state index contributed by atoms with van der Waals surface area (Å²) in [4.78, 5) is 0. The van der Waals surface area contributed by atoms with Crippen LogP contribution in [0.5, 0.6) is 5.75 Å². The van der Waals surface area contributed by atoms with Gasteiger partial charge in [0.1, 0.15) is 5.75 Å². The highest BCUT2D eigenvalue weighted by molar-refractivity contribution is 7.16. The number of aryl methyl sites for hydroxylation is 1. The van der Waals surface area contributed by atoms with Crippen molar-refractivity contribution in [3.8, 4) is 5.75 Å². The summed E-state index contributed by atoms with van der Waals surface area (Å²) in [5.41, 5.74) is 5.68. The summed E-state index contributed by atoms with van der Waals surface area (Å²) in [6.07, 6.45) is 7.39. The van der Waals surface area contributed by atoms with Crippen LogP contribution in [0, 0.1) is 20.8 Å². The zero-order valence-corrected chi connectivity index (χ0v) is 12.2. The number of hydrogen-bond donors (Lipinski definition) is 1. The molecule has 1 unspecified atom stereocenters. The van der Waals surface area contributed by atoms with Gasteiger partial charge in [0, 0.05) is 0 Å². The second kappa shape index (κ2) is 6.02. The average Bonchev–Trinajstić information content (AvgIpc) is 2.26. The molecule has 1 N–H and O–H groups in total. The maximum Gasteiger partial charge on any atom is 0.119 e. The monoisotopic (exact) mass is 248 g/mol. The van der Waals surface area contributed by atoms with Crippen molar-refractivity contribution >= 4 is 15.3 Å². The highest BCUT2D eigenvalue weighted by Gasteiger charge is 2.06. The first-order valence-electron chi connectivity index (χ1n) is 5.82. The molecule has 1 aromatic carbocycles. The fourth-order valence-electron chi connectivity index (χ4n) is 1.81. The second-order valence-electron chi connectivity index (χ2n) is 4.39. The molecule has 1 aromatic rings. The van der Waals surface area contributed by atoms with E-state index in [-0.39, 0.29) is 0 Å². The van der Waals surface area contributed by atoms with Crippen molar-refractivity contribution in [2.24, 2.45) is 0 Å². The van der Waals surface area contributed by atoms with Crippen molar-refractivity contribution in [2.45, 2.75) is 27.7 Å². The van der Waals surface area contributed by atoms with Gasteiger partial charge in [-0.15, -0.1) is 9.24 Å². The van der Waals surface area contributed by atoms with Crippen LogP contribution in [-0.2, 0) is 0 Å². The minimum Gasteiger partial charge on any atom is -0.508 e. The number of phenolic OH excluding ortho intramolecular Hbond substituents is 1. The molecule has 2 heteroatoms. The zero-order chi connectivity index (χ0) is 13.0. The smallest absolute Gasteiger partial charge is 0.119 e. The van der Waals surface area contributed by atoms with Crippen LogP contribution in [0.2, 0.25) is 0 Å². The molecular weight excluding hydrogens is 227 g/mol. The Kier molecular flexibility index (Phi) is 4.96. The van der Waals surface area contributed by atoms with Gasteiger partial charge in [-0.3, -0.25) is 0 Å². The Hall–Kier alpha value is -1.07. The molecule has 0 spiro atoms. The van der Waals surface area contributed by atoms with Crippen LogP contribution in [0.4, 0.5) is 0 Å². The van der Waals surface area contributed by atoms with E-state index < -0.39 is 0 Å². The van der Waals surface area contributed by atoms with E-state index in [9.17, 15) is 5.11 Å².